The molecule has 0 saturated carbocycles. The topological polar surface area (TPSA) is 91.4 Å². The van der Waals surface area contributed by atoms with Crippen molar-refractivity contribution in [2.75, 3.05) is 6.54 Å². The molecule has 3 heterocycles. The molecule has 0 N–H and O–H groups in total. The fraction of sp³-hybridized carbons (Fsp3) is 0.235. The van der Waals surface area contributed by atoms with Crippen molar-refractivity contribution >= 4 is 15.7 Å². The average Bonchev–Trinajstić information content (AvgIpc) is 3.28. The molecule has 0 aliphatic carbocycles. The number of nitrogens with zero attached hydrogens (tertiary/aromatic N) is 5. The summed E-state index contributed by atoms with van der Waals surface area (Å²) in [7, 11) is -3.66. The molecular weight excluding hydrogens is 338 g/mol. The summed E-state index contributed by atoms with van der Waals surface area (Å²) in [5.74, 6) is 0.630. The quantitative estimate of drug-likeness (QED) is 0.719. The third kappa shape index (κ3) is 2.58. The molecule has 1 aliphatic heterocycles. The Kier molecular flexibility index (Phi) is 3.75. The third-order valence-electron chi connectivity index (χ3n) is 4.43. The maximum absolute atomic E-state index is 13.1. The minimum atomic E-state index is -3.66. The first-order valence-corrected chi connectivity index (χ1v) is 9.37. The van der Waals surface area contributed by atoms with Gasteiger partial charge < -0.3 is 0 Å². The molecule has 0 spiro atoms. The lowest BCUT2D eigenvalue weighted by molar-refractivity contribution is 0.381. The van der Waals surface area contributed by atoms with Crippen molar-refractivity contribution in [3.05, 3.63) is 60.0 Å². The molecule has 8 heteroatoms. The predicted molar refractivity (Wildman–Crippen MR) is 90.0 cm³/mol. The Bertz CT molecular complexity index is 1070. The van der Waals surface area contributed by atoms with Crippen LogP contribution in [-0.2, 0) is 10.0 Å². The maximum atomic E-state index is 13.1. The summed E-state index contributed by atoms with van der Waals surface area (Å²) in [5.41, 5.74) is 1.13. The van der Waals surface area contributed by atoms with Crippen molar-refractivity contribution in [3.8, 4) is 6.07 Å². The fourth-order valence-corrected chi connectivity index (χ4v) is 4.86. The molecule has 0 bridgehead atoms. The van der Waals surface area contributed by atoms with Crippen LogP contribution in [0.25, 0.3) is 5.65 Å². The molecule has 1 saturated heterocycles. The maximum Gasteiger partial charge on any atom is 0.243 e. The monoisotopic (exact) mass is 353 g/mol. The Morgan fingerprint density at radius 2 is 1.92 bits per heavy atom. The van der Waals surface area contributed by atoms with E-state index in [1.165, 1.54) is 28.6 Å². The van der Waals surface area contributed by atoms with Gasteiger partial charge in [-0.1, -0.05) is 6.07 Å². The third-order valence-corrected chi connectivity index (χ3v) is 6.35. The van der Waals surface area contributed by atoms with Crippen LogP contribution in [0.1, 0.15) is 30.3 Å². The van der Waals surface area contributed by atoms with Gasteiger partial charge in [0.1, 0.15) is 0 Å². The van der Waals surface area contributed by atoms with Crippen molar-refractivity contribution in [1.82, 2.24) is 18.9 Å². The van der Waals surface area contributed by atoms with Crippen molar-refractivity contribution in [3.63, 3.8) is 0 Å². The van der Waals surface area contributed by atoms with Crippen molar-refractivity contribution in [2.24, 2.45) is 0 Å². The zero-order valence-corrected chi connectivity index (χ0v) is 14.1. The molecule has 25 heavy (non-hydrogen) atoms. The van der Waals surface area contributed by atoms with Crippen LogP contribution in [0.4, 0.5) is 0 Å². The molecule has 1 aromatic carbocycles. The van der Waals surface area contributed by atoms with Crippen molar-refractivity contribution < 1.29 is 8.42 Å². The van der Waals surface area contributed by atoms with Gasteiger partial charge in [0.25, 0.3) is 0 Å². The number of fused-ring (bicyclic) bond motifs is 1. The van der Waals surface area contributed by atoms with Crippen LogP contribution in [0.3, 0.4) is 0 Å². The second-order valence-electron chi connectivity index (χ2n) is 5.90. The minimum absolute atomic E-state index is 0.187. The average molecular weight is 353 g/mol. The van der Waals surface area contributed by atoms with Crippen LogP contribution in [0.2, 0.25) is 0 Å². The van der Waals surface area contributed by atoms with E-state index in [0.717, 1.165) is 6.42 Å². The SMILES string of the molecule is N#Cc1ccc(S(=O)(=O)N2CCCC2c2nnc3ccccn23)cc1. The summed E-state index contributed by atoms with van der Waals surface area (Å²) in [6, 6.07) is 13.2. The molecule has 126 valence electrons. The van der Waals surface area contributed by atoms with E-state index in [4.69, 9.17) is 5.26 Å². The summed E-state index contributed by atoms with van der Waals surface area (Å²) < 4.78 is 29.4. The molecular formula is C17H15N5O2S. The molecule has 1 fully saturated rings. The molecule has 7 nitrogen and oxygen atoms in total. The summed E-state index contributed by atoms with van der Waals surface area (Å²) in [5, 5.41) is 17.2. The first-order valence-electron chi connectivity index (χ1n) is 7.93. The largest absolute Gasteiger partial charge is 0.285 e. The number of benzene rings is 1. The van der Waals surface area contributed by atoms with Crippen LogP contribution >= 0.6 is 0 Å². The van der Waals surface area contributed by atoms with Gasteiger partial charge in [-0.15, -0.1) is 10.2 Å². The normalized spacial score (nSPS) is 18.4. The number of pyridine rings is 1. The first-order chi connectivity index (χ1) is 12.1. The number of aromatic nitrogens is 3. The van der Waals surface area contributed by atoms with E-state index in [-0.39, 0.29) is 10.9 Å². The van der Waals surface area contributed by atoms with Gasteiger partial charge >= 0.3 is 0 Å². The molecule has 1 atom stereocenters. The van der Waals surface area contributed by atoms with Gasteiger partial charge in [0.15, 0.2) is 11.5 Å². The van der Waals surface area contributed by atoms with E-state index in [1.807, 2.05) is 34.9 Å². The fourth-order valence-electron chi connectivity index (χ4n) is 3.21. The van der Waals surface area contributed by atoms with Crippen molar-refractivity contribution in [2.45, 2.75) is 23.8 Å². The standard InChI is InChI=1S/C17H15N5O2S/c18-12-13-6-8-14(9-7-13)25(23,24)22-11-3-4-15(22)17-20-19-16-5-1-2-10-21(16)17/h1-2,5-10,15H,3-4,11H2. The van der Waals surface area contributed by atoms with Gasteiger partial charge in [0.2, 0.25) is 10.0 Å². The predicted octanol–water partition coefficient (Wildman–Crippen LogP) is 2.13. The molecule has 4 rings (SSSR count). The van der Waals surface area contributed by atoms with Crippen molar-refractivity contribution in [1.29, 1.82) is 5.26 Å². The summed E-state index contributed by atoms with van der Waals surface area (Å²) in [6.07, 6.45) is 3.31. The van der Waals surface area contributed by atoms with Crippen LogP contribution in [0.15, 0.2) is 53.6 Å². The Morgan fingerprint density at radius 1 is 1.12 bits per heavy atom. The van der Waals surface area contributed by atoms with E-state index in [2.05, 4.69) is 10.2 Å². The van der Waals surface area contributed by atoms with E-state index in [0.29, 0.717) is 30.0 Å². The van der Waals surface area contributed by atoms with Crippen LogP contribution in [-0.4, -0.2) is 33.9 Å². The smallest absolute Gasteiger partial charge is 0.243 e. The lowest BCUT2D eigenvalue weighted by Crippen LogP contribution is -2.31. The zero-order valence-electron chi connectivity index (χ0n) is 13.3. The van der Waals surface area contributed by atoms with E-state index in [9.17, 15) is 8.42 Å². The second-order valence-corrected chi connectivity index (χ2v) is 7.79. The molecule has 3 aromatic rings. The number of hydrogen-bond acceptors (Lipinski definition) is 5. The molecule has 1 unspecified atom stereocenters. The highest BCUT2D eigenvalue weighted by Crippen LogP contribution is 2.35. The minimum Gasteiger partial charge on any atom is -0.285 e. The van der Waals surface area contributed by atoms with Gasteiger partial charge in [-0.05, 0) is 49.2 Å². The molecule has 1 aliphatic rings. The summed E-state index contributed by atoms with van der Waals surface area (Å²) >= 11 is 0. The second kappa shape index (κ2) is 5.95. The summed E-state index contributed by atoms with van der Waals surface area (Å²) in [4.78, 5) is 0.187. The molecule has 2 aromatic heterocycles. The highest BCUT2D eigenvalue weighted by molar-refractivity contribution is 7.89. The Labute approximate surface area is 145 Å². The summed E-state index contributed by atoms with van der Waals surface area (Å²) in [6.45, 7) is 0.439. The molecule has 0 radical (unpaired) electrons. The van der Waals surface area contributed by atoms with Gasteiger partial charge in [-0.2, -0.15) is 9.57 Å². The lowest BCUT2D eigenvalue weighted by atomic mass is 10.2. The Balaban J connectivity index is 1.74. The molecule has 0 amide bonds. The van der Waals surface area contributed by atoms with E-state index >= 15 is 0 Å². The highest BCUT2D eigenvalue weighted by atomic mass is 32.2. The highest BCUT2D eigenvalue weighted by Gasteiger charge is 2.38. The van der Waals surface area contributed by atoms with Gasteiger partial charge in [0.05, 0.1) is 22.6 Å². The number of sulfonamides is 1. The van der Waals surface area contributed by atoms with Crippen LogP contribution in [0, 0.1) is 11.3 Å². The Morgan fingerprint density at radius 3 is 2.68 bits per heavy atom. The Hall–Kier alpha value is -2.76. The zero-order chi connectivity index (χ0) is 17.4. The number of nitriles is 1. The van der Waals surface area contributed by atoms with Crippen LogP contribution < -0.4 is 0 Å². The van der Waals surface area contributed by atoms with Crippen LogP contribution in [0.5, 0.6) is 0 Å². The lowest BCUT2D eigenvalue weighted by Gasteiger charge is -2.23. The number of hydrogen-bond donors (Lipinski definition) is 0. The van der Waals surface area contributed by atoms with E-state index < -0.39 is 10.0 Å². The van der Waals surface area contributed by atoms with Gasteiger partial charge in [-0.3, -0.25) is 4.40 Å². The van der Waals surface area contributed by atoms with Gasteiger partial charge in [-0.25, -0.2) is 8.42 Å². The van der Waals surface area contributed by atoms with E-state index in [1.54, 1.807) is 0 Å². The number of rotatable bonds is 3. The van der Waals surface area contributed by atoms with Gasteiger partial charge in [0, 0.05) is 12.7 Å². The first kappa shape index (κ1) is 15.7.